The molecule has 30 heavy (non-hydrogen) atoms. The number of esters is 1. The highest BCUT2D eigenvalue weighted by atomic mass is 19.1. The van der Waals surface area contributed by atoms with Gasteiger partial charge in [-0.3, -0.25) is 4.90 Å². The summed E-state index contributed by atoms with van der Waals surface area (Å²) in [5.41, 5.74) is -1.74. The van der Waals surface area contributed by atoms with Crippen LogP contribution < -0.4 is 0 Å². The van der Waals surface area contributed by atoms with Crippen LogP contribution in [0.15, 0.2) is 65.8 Å². The van der Waals surface area contributed by atoms with Crippen LogP contribution in [0.5, 0.6) is 0 Å². The zero-order valence-corrected chi connectivity index (χ0v) is 16.3. The Morgan fingerprint density at radius 1 is 1.20 bits per heavy atom. The number of halogens is 1. The summed E-state index contributed by atoms with van der Waals surface area (Å²) in [5, 5.41) is 14.8. The first-order chi connectivity index (χ1) is 14.5. The molecule has 0 bridgehead atoms. The van der Waals surface area contributed by atoms with Crippen LogP contribution in [0.2, 0.25) is 0 Å². The minimum absolute atomic E-state index is 0.00254. The third-order valence-corrected chi connectivity index (χ3v) is 5.04. The fourth-order valence-electron chi connectivity index (χ4n) is 3.43. The van der Waals surface area contributed by atoms with Gasteiger partial charge in [0.2, 0.25) is 0 Å². The van der Waals surface area contributed by atoms with Gasteiger partial charge in [-0.2, -0.15) is 0 Å². The molecule has 2 aliphatic rings. The largest absolute Gasteiger partial charge is 0.464 e. The van der Waals surface area contributed by atoms with Gasteiger partial charge in [0.1, 0.15) is 11.4 Å². The Morgan fingerprint density at radius 3 is 2.50 bits per heavy atom. The van der Waals surface area contributed by atoms with Crippen molar-refractivity contribution in [2.75, 3.05) is 26.9 Å². The number of aliphatic hydroxyl groups is 1. The van der Waals surface area contributed by atoms with E-state index in [1.165, 1.54) is 36.3 Å². The smallest absolute Gasteiger partial charge is 0.380 e. The van der Waals surface area contributed by atoms with E-state index < -0.39 is 23.1 Å². The standard InChI is InChI=1S/C22H21FN2O5/c1-28-20(26)22(17-8-10-18(23)11-9-17)25(13-21(27)14-29-15-21)19(24-30-22)12-7-16-5-3-2-4-6-16/h2-12,27H,13-15H2,1H3/b12-7+. The first-order valence-electron chi connectivity index (χ1n) is 9.38. The molecule has 7 nitrogen and oxygen atoms in total. The van der Waals surface area contributed by atoms with Crippen molar-refractivity contribution in [3.8, 4) is 0 Å². The molecular weight excluding hydrogens is 391 g/mol. The second-order valence-corrected chi connectivity index (χ2v) is 7.23. The molecule has 1 unspecified atom stereocenters. The molecule has 1 N–H and O–H groups in total. The number of oxime groups is 1. The van der Waals surface area contributed by atoms with Gasteiger partial charge in [0, 0.05) is 5.56 Å². The molecule has 0 saturated carbocycles. The van der Waals surface area contributed by atoms with E-state index in [0.29, 0.717) is 11.4 Å². The first kappa shape index (κ1) is 20.1. The molecule has 1 fully saturated rings. The minimum atomic E-state index is -1.80. The number of hydrogen-bond acceptors (Lipinski definition) is 7. The zero-order valence-electron chi connectivity index (χ0n) is 16.3. The van der Waals surface area contributed by atoms with E-state index in [4.69, 9.17) is 14.3 Å². The van der Waals surface area contributed by atoms with Gasteiger partial charge in [0.25, 0.3) is 0 Å². The molecule has 1 atom stereocenters. The summed E-state index contributed by atoms with van der Waals surface area (Å²) in [6.45, 7) is 0.219. The summed E-state index contributed by atoms with van der Waals surface area (Å²) in [6.07, 6.45) is 3.50. The van der Waals surface area contributed by atoms with Crippen molar-refractivity contribution < 1.29 is 28.6 Å². The van der Waals surface area contributed by atoms with Gasteiger partial charge in [-0.05, 0) is 35.9 Å². The normalized spacial score (nSPS) is 22.4. The van der Waals surface area contributed by atoms with Crippen LogP contribution in [0.4, 0.5) is 4.39 Å². The lowest BCUT2D eigenvalue weighted by Gasteiger charge is -2.43. The van der Waals surface area contributed by atoms with E-state index in [-0.39, 0.29) is 19.8 Å². The Hall–Kier alpha value is -3.23. The van der Waals surface area contributed by atoms with Crippen molar-refractivity contribution in [2.45, 2.75) is 11.3 Å². The maximum Gasteiger partial charge on any atom is 0.380 e. The SMILES string of the molecule is COC(=O)C1(c2ccc(F)cc2)ON=C(/C=C/c2ccccc2)N1CC1(O)COC1. The van der Waals surface area contributed by atoms with Crippen LogP contribution in [0, 0.1) is 5.82 Å². The number of β-amino-alcohol motifs (C(OH)–C–C–N with tert-alkyl or cyclic N) is 1. The minimum Gasteiger partial charge on any atom is -0.464 e. The molecule has 8 heteroatoms. The van der Waals surface area contributed by atoms with Gasteiger partial charge in [0.15, 0.2) is 5.84 Å². The highest BCUT2D eigenvalue weighted by Crippen LogP contribution is 2.39. The topological polar surface area (TPSA) is 80.6 Å². The molecule has 2 heterocycles. The predicted molar refractivity (Wildman–Crippen MR) is 107 cm³/mol. The maximum absolute atomic E-state index is 13.5. The molecule has 0 radical (unpaired) electrons. The number of hydrogen-bond donors (Lipinski definition) is 1. The Kier molecular flexibility index (Phi) is 5.27. The van der Waals surface area contributed by atoms with Crippen LogP contribution in [0.3, 0.4) is 0 Å². The van der Waals surface area contributed by atoms with Gasteiger partial charge in [0.05, 0.1) is 26.9 Å². The Morgan fingerprint density at radius 2 is 1.90 bits per heavy atom. The van der Waals surface area contributed by atoms with Crippen LogP contribution in [0.25, 0.3) is 6.08 Å². The molecule has 2 aromatic carbocycles. The average Bonchev–Trinajstić information content (AvgIpc) is 3.10. The fourth-order valence-corrected chi connectivity index (χ4v) is 3.43. The lowest BCUT2D eigenvalue weighted by Crippen LogP contribution is -2.62. The first-order valence-corrected chi connectivity index (χ1v) is 9.38. The predicted octanol–water partition coefficient (Wildman–Crippen LogP) is 2.27. The highest BCUT2D eigenvalue weighted by Gasteiger charge is 2.57. The summed E-state index contributed by atoms with van der Waals surface area (Å²) < 4.78 is 23.7. The summed E-state index contributed by atoms with van der Waals surface area (Å²) in [5.74, 6) is -0.891. The summed E-state index contributed by atoms with van der Waals surface area (Å²) >= 11 is 0. The summed E-state index contributed by atoms with van der Waals surface area (Å²) in [4.78, 5) is 20.1. The highest BCUT2D eigenvalue weighted by molar-refractivity contribution is 6.01. The van der Waals surface area contributed by atoms with Gasteiger partial charge < -0.3 is 19.4 Å². The van der Waals surface area contributed by atoms with Gasteiger partial charge in [-0.1, -0.05) is 41.6 Å². The summed E-state index contributed by atoms with van der Waals surface area (Å²) in [7, 11) is 1.23. The Bertz CT molecular complexity index is 973. The molecule has 156 valence electrons. The average molecular weight is 412 g/mol. The number of carbonyl (C=O) groups is 1. The van der Waals surface area contributed by atoms with E-state index in [9.17, 15) is 14.3 Å². The van der Waals surface area contributed by atoms with Crippen molar-refractivity contribution in [1.82, 2.24) is 4.90 Å². The van der Waals surface area contributed by atoms with E-state index >= 15 is 0 Å². The third kappa shape index (κ3) is 3.55. The van der Waals surface area contributed by atoms with Crippen LogP contribution in [-0.2, 0) is 24.8 Å². The van der Waals surface area contributed by atoms with Crippen LogP contribution in [0.1, 0.15) is 11.1 Å². The van der Waals surface area contributed by atoms with Crippen molar-refractivity contribution >= 4 is 17.9 Å². The molecule has 0 aliphatic carbocycles. The number of ether oxygens (including phenoxy) is 2. The number of carbonyl (C=O) groups excluding carboxylic acids is 1. The fraction of sp³-hybridized carbons (Fsp3) is 0.273. The number of methoxy groups -OCH3 is 1. The lowest BCUT2D eigenvalue weighted by molar-refractivity contribution is -0.213. The molecule has 1 saturated heterocycles. The second kappa shape index (κ2) is 7.89. The van der Waals surface area contributed by atoms with Gasteiger partial charge in [-0.25, -0.2) is 9.18 Å². The van der Waals surface area contributed by atoms with Crippen molar-refractivity contribution in [1.29, 1.82) is 0 Å². The molecule has 0 aromatic heterocycles. The van der Waals surface area contributed by atoms with E-state index in [0.717, 1.165) is 5.56 Å². The van der Waals surface area contributed by atoms with Gasteiger partial charge in [-0.15, -0.1) is 0 Å². The van der Waals surface area contributed by atoms with E-state index in [1.54, 1.807) is 6.08 Å². The molecular formula is C22H21FN2O5. The van der Waals surface area contributed by atoms with Gasteiger partial charge >= 0.3 is 11.7 Å². The number of benzene rings is 2. The van der Waals surface area contributed by atoms with Crippen molar-refractivity contribution in [2.24, 2.45) is 5.16 Å². The molecule has 2 aromatic rings. The second-order valence-electron chi connectivity index (χ2n) is 7.23. The quantitative estimate of drug-likeness (QED) is 0.734. The van der Waals surface area contributed by atoms with Crippen LogP contribution in [-0.4, -0.2) is 54.3 Å². The van der Waals surface area contributed by atoms with Crippen molar-refractivity contribution in [3.63, 3.8) is 0 Å². The number of rotatable bonds is 6. The molecule has 0 spiro atoms. The maximum atomic E-state index is 13.5. The Balaban J connectivity index is 1.75. The lowest BCUT2D eigenvalue weighted by atomic mass is 9.95. The number of nitrogens with zero attached hydrogens (tertiary/aromatic N) is 2. The molecule has 2 aliphatic heterocycles. The zero-order chi connectivity index (χ0) is 21.2. The van der Waals surface area contributed by atoms with Crippen LogP contribution >= 0.6 is 0 Å². The molecule has 4 rings (SSSR count). The Labute approximate surface area is 173 Å². The third-order valence-electron chi connectivity index (χ3n) is 5.04. The van der Waals surface area contributed by atoms with E-state index in [2.05, 4.69) is 5.16 Å². The number of amidine groups is 1. The van der Waals surface area contributed by atoms with E-state index in [1.807, 2.05) is 36.4 Å². The monoisotopic (exact) mass is 412 g/mol. The summed E-state index contributed by atoms with van der Waals surface area (Å²) in [6, 6.07) is 14.8. The van der Waals surface area contributed by atoms with Crippen molar-refractivity contribution in [3.05, 3.63) is 77.6 Å². The molecule has 0 amide bonds.